The maximum absolute atomic E-state index is 12.7. The lowest BCUT2D eigenvalue weighted by Crippen LogP contribution is -2.44. The Balaban J connectivity index is 1.55. The Morgan fingerprint density at radius 2 is 1.55 bits per heavy atom. The minimum absolute atomic E-state index is 0.170. The van der Waals surface area contributed by atoms with Crippen molar-refractivity contribution in [1.29, 1.82) is 0 Å². The number of rotatable bonds is 9. The molecule has 7 heteroatoms. The Kier molecular flexibility index (Phi) is 7.95. The zero-order chi connectivity index (χ0) is 22.1. The molecule has 0 saturated heterocycles. The van der Waals surface area contributed by atoms with Gasteiger partial charge in [0.05, 0.1) is 11.3 Å². The molecule has 1 atom stereocenters. The molecule has 0 bridgehead atoms. The number of hydrogen-bond donors (Lipinski definition) is 3. The van der Waals surface area contributed by atoms with Gasteiger partial charge in [-0.25, -0.2) is 0 Å². The number of hydrogen-bond acceptors (Lipinski definition) is 4. The van der Waals surface area contributed by atoms with Crippen LogP contribution in [0.3, 0.4) is 0 Å². The first-order valence-electron chi connectivity index (χ1n) is 10.1. The number of thiophene rings is 1. The lowest BCUT2D eigenvalue weighted by Gasteiger charge is -2.18. The van der Waals surface area contributed by atoms with Gasteiger partial charge in [0.1, 0.15) is 6.04 Å². The molecule has 6 nitrogen and oxygen atoms in total. The van der Waals surface area contributed by atoms with Crippen molar-refractivity contribution in [2.45, 2.75) is 32.2 Å². The molecule has 160 valence electrons. The highest BCUT2D eigenvalue weighted by atomic mass is 32.1. The lowest BCUT2D eigenvalue weighted by atomic mass is 10.1. The molecule has 1 aromatic heterocycles. The second kappa shape index (κ2) is 11.1. The van der Waals surface area contributed by atoms with Crippen LogP contribution in [0.1, 0.15) is 35.0 Å². The number of carbonyl (C=O) groups is 3. The summed E-state index contributed by atoms with van der Waals surface area (Å²) in [4.78, 5) is 37.8. The van der Waals surface area contributed by atoms with E-state index < -0.39 is 6.04 Å². The van der Waals surface area contributed by atoms with Crippen molar-refractivity contribution in [3.63, 3.8) is 0 Å². The van der Waals surface area contributed by atoms with Gasteiger partial charge in [-0.1, -0.05) is 49.7 Å². The van der Waals surface area contributed by atoms with Crippen LogP contribution in [0.5, 0.6) is 0 Å². The molecule has 0 aliphatic rings. The van der Waals surface area contributed by atoms with Crippen molar-refractivity contribution in [2.75, 3.05) is 10.6 Å². The first-order valence-corrected chi connectivity index (χ1v) is 11.0. The summed E-state index contributed by atoms with van der Waals surface area (Å²) in [6.07, 6.45) is 1.53. The molecule has 0 fully saturated rings. The highest BCUT2D eigenvalue weighted by molar-refractivity contribution is 7.12. The first kappa shape index (κ1) is 22.2. The van der Waals surface area contributed by atoms with Crippen LogP contribution in [0.2, 0.25) is 0 Å². The van der Waals surface area contributed by atoms with Crippen LogP contribution in [0.15, 0.2) is 72.1 Å². The molecule has 0 spiro atoms. The lowest BCUT2D eigenvalue weighted by molar-refractivity contribution is -0.126. The molecule has 0 radical (unpaired) electrons. The van der Waals surface area contributed by atoms with E-state index in [0.717, 1.165) is 12.0 Å². The fourth-order valence-electron chi connectivity index (χ4n) is 3.05. The zero-order valence-electron chi connectivity index (χ0n) is 17.3. The second-order valence-electron chi connectivity index (χ2n) is 7.07. The molecule has 3 aromatic rings. The Labute approximate surface area is 185 Å². The Bertz CT molecular complexity index is 1000. The normalized spacial score (nSPS) is 11.4. The Morgan fingerprint density at radius 1 is 0.871 bits per heavy atom. The van der Waals surface area contributed by atoms with Crippen LogP contribution in [0.4, 0.5) is 11.4 Å². The molecule has 3 N–H and O–H groups in total. The van der Waals surface area contributed by atoms with Crippen LogP contribution in [0.25, 0.3) is 0 Å². The summed E-state index contributed by atoms with van der Waals surface area (Å²) in [5.41, 5.74) is 2.13. The van der Waals surface area contributed by atoms with Gasteiger partial charge < -0.3 is 16.0 Å². The Morgan fingerprint density at radius 3 is 2.16 bits per heavy atom. The molecule has 31 heavy (non-hydrogen) atoms. The standard InChI is InChI=1S/C24H25N3O3S/c1-2-7-20(27-22(28)16-17-8-4-3-5-9-17)23(29)25-18-11-13-19(14-12-18)26-24(30)21-10-6-15-31-21/h3-6,8-15,20H,2,7,16H2,1H3,(H,25,29)(H,26,30)(H,27,28). The third-order valence-electron chi connectivity index (χ3n) is 4.59. The topological polar surface area (TPSA) is 87.3 Å². The van der Waals surface area contributed by atoms with E-state index in [1.165, 1.54) is 11.3 Å². The molecule has 1 heterocycles. The third kappa shape index (κ3) is 6.79. The van der Waals surface area contributed by atoms with E-state index in [0.29, 0.717) is 22.7 Å². The fourth-order valence-corrected chi connectivity index (χ4v) is 3.67. The van der Waals surface area contributed by atoms with Crippen molar-refractivity contribution < 1.29 is 14.4 Å². The summed E-state index contributed by atoms with van der Waals surface area (Å²) in [6, 6.07) is 19.3. The summed E-state index contributed by atoms with van der Waals surface area (Å²) in [5, 5.41) is 10.3. The quantitative estimate of drug-likeness (QED) is 0.464. The largest absolute Gasteiger partial charge is 0.344 e. The zero-order valence-corrected chi connectivity index (χ0v) is 18.1. The fraction of sp³-hybridized carbons (Fsp3) is 0.208. The van der Waals surface area contributed by atoms with Gasteiger partial charge >= 0.3 is 0 Å². The van der Waals surface area contributed by atoms with Crippen molar-refractivity contribution in [3.05, 3.63) is 82.6 Å². The number of amides is 3. The molecule has 2 aromatic carbocycles. The molecular weight excluding hydrogens is 410 g/mol. The minimum atomic E-state index is -0.612. The van der Waals surface area contributed by atoms with Crippen LogP contribution in [-0.4, -0.2) is 23.8 Å². The molecule has 3 rings (SSSR count). The van der Waals surface area contributed by atoms with Crippen molar-refractivity contribution in [3.8, 4) is 0 Å². The van der Waals surface area contributed by atoms with Crippen LogP contribution in [0, 0.1) is 0 Å². The summed E-state index contributed by atoms with van der Waals surface area (Å²) in [5.74, 6) is -0.624. The second-order valence-corrected chi connectivity index (χ2v) is 8.02. The summed E-state index contributed by atoms with van der Waals surface area (Å²) >= 11 is 1.37. The maximum Gasteiger partial charge on any atom is 0.265 e. The van der Waals surface area contributed by atoms with E-state index in [1.54, 1.807) is 30.3 Å². The van der Waals surface area contributed by atoms with Gasteiger partial charge in [0.15, 0.2) is 0 Å². The van der Waals surface area contributed by atoms with E-state index in [9.17, 15) is 14.4 Å². The summed E-state index contributed by atoms with van der Waals surface area (Å²) < 4.78 is 0. The van der Waals surface area contributed by atoms with E-state index in [4.69, 9.17) is 0 Å². The molecule has 1 unspecified atom stereocenters. The highest BCUT2D eigenvalue weighted by Gasteiger charge is 2.20. The number of anilines is 2. The smallest absolute Gasteiger partial charge is 0.265 e. The maximum atomic E-state index is 12.7. The van der Waals surface area contributed by atoms with E-state index in [2.05, 4.69) is 16.0 Å². The third-order valence-corrected chi connectivity index (χ3v) is 5.46. The molecule has 3 amide bonds. The van der Waals surface area contributed by atoms with Gasteiger partial charge in [0, 0.05) is 11.4 Å². The van der Waals surface area contributed by atoms with E-state index in [-0.39, 0.29) is 24.1 Å². The predicted octanol–water partition coefficient (Wildman–Crippen LogP) is 4.47. The van der Waals surface area contributed by atoms with Crippen LogP contribution < -0.4 is 16.0 Å². The van der Waals surface area contributed by atoms with E-state index in [1.807, 2.05) is 48.7 Å². The number of nitrogens with one attached hydrogen (secondary N) is 3. The number of carbonyl (C=O) groups excluding carboxylic acids is 3. The van der Waals surface area contributed by atoms with E-state index >= 15 is 0 Å². The predicted molar refractivity (Wildman–Crippen MR) is 124 cm³/mol. The van der Waals surface area contributed by atoms with Gasteiger partial charge in [0.2, 0.25) is 11.8 Å². The van der Waals surface area contributed by atoms with Crippen molar-refractivity contribution >= 4 is 40.4 Å². The molecule has 0 aliphatic carbocycles. The monoisotopic (exact) mass is 435 g/mol. The highest BCUT2D eigenvalue weighted by Crippen LogP contribution is 2.17. The van der Waals surface area contributed by atoms with Gasteiger partial charge in [-0.05, 0) is 47.7 Å². The van der Waals surface area contributed by atoms with Crippen LogP contribution in [-0.2, 0) is 16.0 Å². The summed E-state index contributed by atoms with van der Waals surface area (Å²) in [6.45, 7) is 1.97. The van der Waals surface area contributed by atoms with Gasteiger partial charge in [-0.3, -0.25) is 14.4 Å². The average Bonchev–Trinajstić information content (AvgIpc) is 3.31. The number of benzene rings is 2. The SMILES string of the molecule is CCCC(NC(=O)Cc1ccccc1)C(=O)Nc1ccc(NC(=O)c2cccs2)cc1. The summed E-state index contributed by atoms with van der Waals surface area (Å²) in [7, 11) is 0. The van der Waals surface area contributed by atoms with Crippen molar-refractivity contribution in [1.82, 2.24) is 5.32 Å². The molecule has 0 saturated carbocycles. The molecule has 0 aliphatic heterocycles. The average molecular weight is 436 g/mol. The molecular formula is C24H25N3O3S. The van der Waals surface area contributed by atoms with Gasteiger partial charge in [-0.15, -0.1) is 11.3 Å². The minimum Gasteiger partial charge on any atom is -0.344 e. The van der Waals surface area contributed by atoms with Crippen LogP contribution >= 0.6 is 11.3 Å². The Hall–Kier alpha value is -3.45. The van der Waals surface area contributed by atoms with Gasteiger partial charge in [0.25, 0.3) is 5.91 Å². The van der Waals surface area contributed by atoms with Gasteiger partial charge in [-0.2, -0.15) is 0 Å². The first-order chi connectivity index (χ1) is 15.0. The van der Waals surface area contributed by atoms with Crippen molar-refractivity contribution in [2.24, 2.45) is 0 Å².